The molecule has 0 radical (unpaired) electrons. The zero-order chi connectivity index (χ0) is 23.2. The summed E-state index contributed by atoms with van der Waals surface area (Å²) in [6.45, 7) is 1.21. The number of amides is 3. The van der Waals surface area contributed by atoms with E-state index in [2.05, 4.69) is 10.6 Å². The van der Waals surface area contributed by atoms with Crippen LogP contribution in [0.15, 0.2) is 71.2 Å². The lowest BCUT2D eigenvalue weighted by Gasteiger charge is -2.33. The van der Waals surface area contributed by atoms with E-state index < -0.39 is 12.1 Å². The molecular formula is C24H26ClN5O2S. The highest BCUT2D eigenvalue weighted by molar-refractivity contribution is 7.07. The highest BCUT2D eigenvalue weighted by Gasteiger charge is 2.30. The summed E-state index contributed by atoms with van der Waals surface area (Å²) in [5.41, 5.74) is 1.34. The molecule has 7 nitrogen and oxygen atoms in total. The maximum absolute atomic E-state index is 13.4. The number of likely N-dealkylation sites (tertiary alicyclic amines) is 1. The fourth-order valence-electron chi connectivity index (χ4n) is 3.77. The van der Waals surface area contributed by atoms with E-state index in [1.54, 1.807) is 35.6 Å². The van der Waals surface area contributed by atoms with Gasteiger partial charge in [0.25, 0.3) is 0 Å². The minimum absolute atomic E-state index is 0.118. The normalized spacial score (nSPS) is 15.8. The molecule has 0 spiro atoms. The lowest BCUT2D eigenvalue weighted by Crippen LogP contribution is -2.47. The molecule has 2 heterocycles. The maximum atomic E-state index is 13.4. The Hall–Kier alpha value is -3.10. The van der Waals surface area contributed by atoms with E-state index >= 15 is 0 Å². The molecule has 33 heavy (non-hydrogen) atoms. The first-order valence-electron chi connectivity index (χ1n) is 10.8. The monoisotopic (exact) mass is 483 g/mol. The lowest BCUT2D eigenvalue weighted by atomic mass is 10.0. The van der Waals surface area contributed by atoms with Crippen molar-refractivity contribution in [3.05, 3.63) is 81.6 Å². The molecule has 0 saturated carbocycles. The first kappa shape index (κ1) is 23.1. The Morgan fingerprint density at radius 3 is 2.42 bits per heavy atom. The average Bonchev–Trinajstić information content (AvgIpc) is 3.24. The number of aromatic nitrogens is 1. The van der Waals surface area contributed by atoms with Crippen molar-refractivity contribution in [2.45, 2.75) is 24.9 Å². The van der Waals surface area contributed by atoms with Gasteiger partial charge < -0.3 is 20.1 Å². The Balaban J connectivity index is 1.43. The van der Waals surface area contributed by atoms with Gasteiger partial charge in [-0.05, 0) is 42.7 Å². The minimum atomic E-state index is -0.776. The van der Waals surface area contributed by atoms with Crippen LogP contribution in [0.3, 0.4) is 0 Å². The van der Waals surface area contributed by atoms with Gasteiger partial charge in [-0.3, -0.25) is 9.79 Å². The molecule has 0 bridgehead atoms. The molecule has 172 valence electrons. The summed E-state index contributed by atoms with van der Waals surface area (Å²) in [6, 6.07) is 15.1. The summed E-state index contributed by atoms with van der Waals surface area (Å²) >= 11 is 7.53. The Bertz CT molecular complexity index is 1150. The Labute approximate surface area is 201 Å². The Morgan fingerprint density at radius 2 is 1.79 bits per heavy atom. The molecule has 1 aromatic heterocycles. The summed E-state index contributed by atoms with van der Waals surface area (Å²) in [4.78, 5) is 33.8. The zero-order valence-corrected chi connectivity index (χ0v) is 19.9. The molecule has 0 unspecified atom stereocenters. The summed E-state index contributed by atoms with van der Waals surface area (Å²) in [7, 11) is 1.99. The number of hydrogen-bond acceptors (Lipinski definition) is 4. The predicted octanol–water partition coefficient (Wildman–Crippen LogP) is 4.19. The van der Waals surface area contributed by atoms with E-state index in [1.165, 1.54) is 0 Å². The number of piperidine rings is 1. The van der Waals surface area contributed by atoms with Crippen molar-refractivity contribution in [3.63, 3.8) is 0 Å². The van der Waals surface area contributed by atoms with Crippen LogP contribution in [0.1, 0.15) is 24.4 Å². The summed E-state index contributed by atoms with van der Waals surface area (Å²) in [5, 5.41) is 8.22. The van der Waals surface area contributed by atoms with Crippen LogP contribution in [0.25, 0.3) is 0 Å². The number of thiazole rings is 1. The second-order valence-corrected chi connectivity index (χ2v) is 9.24. The topological polar surface area (TPSA) is 78.7 Å². The van der Waals surface area contributed by atoms with E-state index in [0.717, 1.165) is 23.2 Å². The average molecular weight is 484 g/mol. The van der Waals surface area contributed by atoms with Crippen LogP contribution < -0.4 is 15.4 Å². The van der Waals surface area contributed by atoms with E-state index in [0.29, 0.717) is 23.8 Å². The quantitative estimate of drug-likeness (QED) is 0.570. The predicted molar refractivity (Wildman–Crippen MR) is 131 cm³/mol. The van der Waals surface area contributed by atoms with Crippen molar-refractivity contribution in [2.24, 2.45) is 12.0 Å². The summed E-state index contributed by atoms with van der Waals surface area (Å²) < 4.78 is 2.01. The molecule has 1 aliphatic heterocycles. The van der Waals surface area contributed by atoms with E-state index in [1.807, 2.05) is 58.4 Å². The highest BCUT2D eigenvalue weighted by Crippen LogP contribution is 2.21. The van der Waals surface area contributed by atoms with Gasteiger partial charge >= 0.3 is 6.03 Å². The largest absolute Gasteiger partial charge is 0.340 e. The number of hydrogen-bond donors (Lipinski definition) is 2. The van der Waals surface area contributed by atoms with Gasteiger partial charge in [-0.2, -0.15) is 0 Å². The van der Waals surface area contributed by atoms with Crippen molar-refractivity contribution in [3.8, 4) is 0 Å². The smallest absolute Gasteiger partial charge is 0.320 e. The van der Waals surface area contributed by atoms with Gasteiger partial charge in [-0.25, -0.2) is 4.79 Å². The molecule has 1 saturated heterocycles. The molecule has 4 rings (SSSR count). The molecule has 1 fully saturated rings. The van der Waals surface area contributed by atoms with Crippen LogP contribution in [-0.2, 0) is 11.8 Å². The number of urea groups is 1. The third-order valence-corrected chi connectivity index (χ3v) is 6.70. The van der Waals surface area contributed by atoms with Gasteiger partial charge in [0.1, 0.15) is 6.04 Å². The summed E-state index contributed by atoms with van der Waals surface area (Å²) in [6.07, 6.45) is 3.58. The number of carbonyl (C=O) groups excluding carboxylic acids is 2. The van der Waals surface area contributed by atoms with E-state index in [9.17, 15) is 9.59 Å². The van der Waals surface area contributed by atoms with Crippen LogP contribution in [0, 0.1) is 0 Å². The summed E-state index contributed by atoms with van der Waals surface area (Å²) in [5.74, 6) is -0.118. The molecule has 1 atom stereocenters. The Morgan fingerprint density at radius 1 is 1.09 bits per heavy atom. The molecule has 9 heteroatoms. The zero-order valence-electron chi connectivity index (χ0n) is 18.3. The highest BCUT2D eigenvalue weighted by atomic mass is 35.5. The van der Waals surface area contributed by atoms with Crippen molar-refractivity contribution in [1.29, 1.82) is 0 Å². The number of rotatable bonds is 5. The van der Waals surface area contributed by atoms with Crippen molar-refractivity contribution in [2.75, 3.05) is 18.4 Å². The molecule has 2 N–H and O–H groups in total. The maximum Gasteiger partial charge on any atom is 0.320 e. The number of benzene rings is 2. The van der Waals surface area contributed by atoms with E-state index in [4.69, 9.17) is 16.6 Å². The SMILES string of the molecule is Cn1ccsc1=NC1CCN(C(=O)[C@H](NC(=O)Nc2ccc(Cl)cc2)c2ccccc2)CC1. The van der Waals surface area contributed by atoms with Gasteiger partial charge in [-0.1, -0.05) is 41.9 Å². The Kier molecular flexibility index (Phi) is 7.47. The van der Waals surface area contributed by atoms with Crippen molar-refractivity contribution in [1.82, 2.24) is 14.8 Å². The third kappa shape index (κ3) is 6.03. The molecule has 3 aromatic rings. The number of nitrogens with one attached hydrogen (secondary N) is 2. The standard InChI is InChI=1S/C24H26ClN5O2S/c1-29-15-16-33-24(29)27-20-11-13-30(14-12-20)22(31)21(17-5-3-2-4-6-17)28-23(32)26-19-9-7-18(25)8-10-19/h2-10,15-16,20-21H,11-14H2,1H3,(H2,26,28,32)/t21-/m1/s1. The van der Waals surface area contributed by atoms with Crippen molar-refractivity contribution >= 4 is 40.6 Å². The second kappa shape index (κ2) is 10.7. The fraction of sp³-hybridized carbons (Fsp3) is 0.292. The molecule has 2 aromatic carbocycles. The molecular weight excluding hydrogens is 458 g/mol. The lowest BCUT2D eigenvalue weighted by molar-refractivity contribution is -0.134. The van der Waals surface area contributed by atoms with Crippen LogP contribution in [0.2, 0.25) is 5.02 Å². The number of aryl methyl sites for hydroxylation is 1. The molecule has 0 aliphatic carbocycles. The first-order chi connectivity index (χ1) is 16.0. The van der Waals surface area contributed by atoms with Gasteiger partial charge in [0.05, 0.1) is 6.04 Å². The number of anilines is 1. The second-order valence-electron chi connectivity index (χ2n) is 7.93. The number of halogens is 1. The van der Waals surface area contributed by atoms with Crippen molar-refractivity contribution < 1.29 is 9.59 Å². The molecule has 1 aliphatic rings. The minimum Gasteiger partial charge on any atom is -0.340 e. The van der Waals surface area contributed by atoms with Gasteiger partial charge in [0.15, 0.2) is 4.80 Å². The fourth-order valence-corrected chi connectivity index (χ4v) is 4.70. The number of carbonyl (C=O) groups is 2. The van der Waals surface area contributed by atoms with E-state index in [-0.39, 0.29) is 11.9 Å². The van der Waals surface area contributed by atoms with Gasteiger partial charge in [0, 0.05) is 42.4 Å². The number of nitrogens with zero attached hydrogens (tertiary/aromatic N) is 3. The third-order valence-electron chi connectivity index (χ3n) is 5.59. The van der Waals surface area contributed by atoms with Crippen LogP contribution >= 0.6 is 22.9 Å². The first-order valence-corrected chi connectivity index (χ1v) is 12.1. The van der Waals surface area contributed by atoms with Crippen LogP contribution in [0.5, 0.6) is 0 Å². The van der Waals surface area contributed by atoms with Crippen LogP contribution in [0.4, 0.5) is 10.5 Å². The van der Waals surface area contributed by atoms with Gasteiger partial charge in [0.2, 0.25) is 5.91 Å². The van der Waals surface area contributed by atoms with Gasteiger partial charge in [-0.15, -0.1) is 11.3 Å². The van der Waals surface area contributed by atoms with Crippen LogP contribution in [-0.4, -0.2) is 40.5 Å². The molecule has 3 amide bonds.